The summed E-state index contributed by atoms with van der Waals surface area (Å²) < 4.78 is 0. The molecule has 0 spiro atoms. The van der Waals surface area contributed by atoms with Crippen molar-refractivity contribution in [1.82, 2.24) is 0 Å². The third-order valence-corrected chi connectivity index (χ3v) is 0. The monoisotopic (exact) mass is 389 g/mol. The van der Waals surface area contributed by atoms with Gasteiger partial charge >= 0.3 is 0 Å². The van der Waals surface area contributed by atoms with Gasteiger partial charge in [-0.1, -0.05) is 0 Å². The van der Waals surface area contributed by atoms with Crippen molar-refractivity contribution < 1.29 is 98.3 Å². The Morgan fingerprint density at radius 2 is 0.846 bits per heavy atom. The quantitative estimate of drug-likeness (QED) is 0.148. The van der Waals surface area contributed by atoms with E-state index in [0.29, 0.717) is 0 Å². The topological polar surface area (TPSA) is 114 Å². The molecule has 75 valence electrons. The third-order valence-electron chi connectivity index (χ3n) is 0. The molecule has 0 bridgehead atoms. The minimum absolute atomic E-state index is 0. The van der Waals surface area contributed by atoms with Crippen molar-refractivity contribution in [3.05, 3.63) is 30.0 Å². The van der Waals surface area contributed by atoms with E-state index in [1.807, 2.05) is 0 Å². The van der Waals surface area contributed by atoms with E-state index in [0.717, 1.165) is 0 Å². The minimum Gasteiger partial charge on any atom is -0.813 e. The predicted octanol–water partition coefficient (Wildman–Crippen LogP) is 0.305. The van der Waals surface area contributed by atoms with E-state index in [-0.39, 0.29) is 119 Å². The van der Waals surface area contributed by atoms with Gasteiger partial charge in [-0.25, -0.2) is 0 Å². The molecule has 0 saturated carbocycles. The molecule has 0 aromatic heterocycles. The molecular weight excluding hydrogens is 383 g/mol. The van der Waals surface area contributed by atoms with Gasteiger partial charge in [-0.2, -0.15) is 0 Å². The van der Waals surface area contributed by atoms with Crippen molar-refractivity contribution in [3.63, 3.8) is 0 Å². The van der Waals surface area contributed by atoms with E-state index in [9.17, 15) is 0 Å². The van der Waals surface area contributed by atoms with Crippen molar-refractivity contribution in [2.24, 2.45) is 0 Å². The van der Waals surface area contributed by atoms with Gasteiger partial charge in [0.05, 0.1) is 0 Å². The molecule has 13 heavy (non-hydrogen) atoms. The number of hydrogen-bond donors (Lipinski definition) is 0. The Hall–Kier alpha value is 2.03. The zero-order chi connectivity index (χ0) is 4.71. The second-order valence-corrected chi connectivity index (χ2v) is 0.0894. The first-order chi connectivity index (χ1) is 2.41. The second-order valence-electron chi connectivity index (χ2n) is 0.0894. The SMILES string of the molecule is O.[C-]#N.[CH3-].[N-]=[N+]=[N-].[SH-].[V].[V].[V].[V].[V]. The van der Waals surface area contributed by atoms with E-state index in [1.54, 1.807) is 0 Å². The van der Waals surface area contributed by atoms with E-state index >= 15 is 0 Å². The first kappa shape index (κ1) is 117. The molecule has 0 aliphatic heterocycles. The van der Waals surface area contributed by atoms with Gasteiger partial charge in [0, 0.05) is 92.8 Å². The maximum absolute atomic E-state index is 6.75. The van der Waals surface area contributed by atoms with Crippen LogP contribution in [0.15, 0.2) is 0 Å². The summed E-state index contributed by atoms with van der Waals surface area (Å²) in [6.45, 7) is 4.75. The van der Waals surface area contributed by atoms with E-state index in [2.05, 4.69) is 0 Å². The molecule has 0 saturated heterocycles. The summed E-state index contributed by atoms with van der Waals surface area (Å²) in [5, 5.41) is 6.25. The van der Waals surface area contributed by atoms with Gasteiger partial charge in [-0.15, -0.1) is 0 Å². The van der Waals surface area contributed by atoms with Gasteiger partial charge in [-0.3, -0.25) is 4.91 Å². The molecule has 0 heterocycles. The second kappa shape index (κ2) is 259. The van der Waals surface area contributed by atoms with Gasteiger partial charge in [0.15, 0.2) is 0 Å². The van der Waals surface area contributed by atoms with E-state index in [4.69, 9.17) is 22.9 Å². The number of thiol groups is 1. The average molecular weight is 389 g/mol. The van der Waals surface area contributed by atoms with Crippen LogP contribution in [0.5, 0.6) is 0 Å². The molecular formula is C2H6N4OSV5-4. The molecule has 0 aromatic rings. The van der Waals surface area contributed by atoms with Crippen LogP contribution in [0.4, 0.5) is 0 Å². The van der Waals surface area contributed by atoms with Crippen LogP contribution in [0.3, 0.4) is 0 Å². The maximum atomic E-state index is 6.75. The van der Waals surface area contributed by atoms with Gasteiger partial charge in [0.1, 0.15) is 0 Å². The van der Waals surface area contributed by atoms with Crippen LogP contribution in [0.1, 0.15) is 0 Å². The van der Waals surface area contributed by atoms with Gasteiger partial charge in [0.2, 0.25) is 0 Å². The summed E-state index contributed by atoms with van der Waals surface area (Å²) >= 11 is 0. The molecule has 0 atom stereocenters. The number of hydrogen-bond acceptors (Lipinski definition) is 2. The van der Waals surface area contributed by atoms with Gasteiger partial charge < -0.3 is 49.3 Å². The van der Waals surface area contributed by atoms with Crippen molar-refractivity contribution in [2.45, 2.75) is 0 Å². The predicted molar refractivity (Wildman–Crippen MR) is 33.8 cm³/mol. The summed E-state index contributed by atoms with van der Waals surface area (Å²) in [5.74, 6) is 0. The fourth-order valence-corrected chi connectivity index (χ4v) is 0. The molecule has 0 fully saturated rings. The third kappa shape index (κ3) is 492. The number of nitrogens with zero attached hydrogens (tertiary/aromatic N) is 4. The largest absolute Gasteiger partial charge is 0.813 e. The molecule has 0 unspecified atom stereocenters. The standard InChI is InChI=1S/CN.CH3.N3.H2O.H2S.5V/c1-2;;1-3-2;;;;;;;/h;1H3;;2*1H2;;;;;/q3*-1;;;;;;;/p-1. The van der Waals surface area contributed by atoms with Crippen molar-refractivity contribution in [3.8, 4) is 0 Å². The number of rotatable bonds is 0. The molecule has 0 aliphatic carbocycles. The van der Waals surface area contributed by atoms with E-state index < -0.39 is 0 Å². The minimum atomic E-state index is 0. The Bertz CT molecular complexity index is 68.8. The normalized spacial score (nSPS) is 0.769. The first-order valence-corrected chi connectivity index (χ1v) is 0.624. The van der Waals surface area contributed by atoms with Gasteiger partial charge in [0.25, 0.3) is 0 Å². The molecule has 0 amide bonds. The van der Waals surface area contributed by atoms with Crippen LogP contribution in [-0.2, 0) is 106 Å². The molecule has 0 rings (SSSR count). The Morgan fingerprint density at radius 1 is 0.846 bits per heavy atom. The smallest absolute Gasteiger partial charge is 0 e. The van der Waals surface area contributed by atoms with E-state index in [1.165, 1.54) is 4.91 Å². The molecule has 5 radical (unpaired) electrons. The van der Waals surface area contributed by atoms with Crippen molar-refractivity contribution >= 4 is 13.5 Å². The Kier molecular flexibility index (Phi) is 2330. The Morgan fingerprint density at radius 3 is 0.846 bits per heavy atom. The molecule has 2 N–H and O–H groups in total. The molecule has 5 nitrogen and oxygen atoms in total. The fourth-order valence-electron chi connectivity index (χ4n) is 0. The molecule has 0 aromatic carbocycles. The van der Waals surface area contributed by atoms with Gasteiger partial charge in [-0.05, 0) is 0 Å². The maximum Gasteiger partial charge on any atom is 0 e. The fraction of sp³-hybridized carbons (Fsp3) is 0. The first-order valence-electron chi connectivity index (χ1n) is 0.624. The van der Waals surface area contributed by atoms with Crippen LogP contribution >= 0.6 is 0 Å². The summed E-state index contributed by atoms with van der Waals surface area (Å²) in [6, 6.07) is 0. The summed E-state index contributed by atoms with van der Waals surface area (Å²) in [6.07, 6.45) is 0. The summed E-state index contributed by atoms with van der Waals surface area (Å²) in [7, 11) is 0. The Balaban J connectivity index is -0.00000000109. The average Bonchev–Trinajstić information content (AvgIpc) is 1.46. The molecule has 0 aliphatic rings. The van der Waals surface area contributed by atoms with Crippen LogP contribution in [0.2, 0.25) is 0 Å². The zero-order valence-electron chi connectivity index (χ0n) is 6.47. The van der Waals surface area contributed by atoms with Crippen molar-refractivity contribution in [2.75, 3.05) is 0 Å². The Labute approximate surface area is 145 Å². The van der Waals surface area contributed by atoms with Crippen LogP contribution in [-0.4, -0.2) is 5.48 Å². The zero-order valence-corrected chi connectivity index (χ0v) is 14.4. The van der Waals surface area contributed by atoms with Crippen molar-refractivity contribution in [1.29, 1.82) is 5.26 Å². The van der Waals surface area contributed by atoms with Crippen LogP contribution in [0, 0.1) is 19.3 Å². The molecule has 11 heteroatoms. The summed E-state index contributed by atoms with van der Waals surface area (Å²) in [5.41, 5.74) is 13.5. The van der Waals surface area contributed by atoms with Crippen LogP contribution < -0.4 is 0 Å². The summed E-state index contributed by atoms with van der Waals surface area (Å²) in [4.78, 5) is 1.50. The van der Waals surface area contributed by atoms with Crippen LogP contribution in [0.25, 0.3) is 16.0 Å².